The van der Waals surface area contributed by atoms with Gasteiger partial charge < -0.3 is 15.4 Å². The van der Waals surface area contributed by atoms with Crippen molar-refractivity contribution >= 4 is 28.2 Å². The first-order valence-corrected chi connectivity index (χ1v) is 9.42. The van der Waals surface area contributed by atoms with Gasteiger partial charge >= 0.3 is 0 Å². The fourth-order valence-corrected chi connectivity index (χ4v) is 4.01. The number of hydrogen-bond acceptors (Lipinski definition) is 5. The molecule has 2 N–H and O–H groups in total. The van der Waals surface area contributed by atoms with Crippen molar-refractivity contribution in [3.63, 3.8) is 0 Å². The van der Waals surface area contributed by atoms with Gasteiger partial charge in [-0.2, -0.15) is 0 Å². The Morgan fingerprint density at radius 2 is 1.92 bits per heavy atom. The van der Waals surface area contributed by atoms with Crippen LogP contribution in [0.25, 0.3) is 0 Å². The summed E-state index contributed by atoms with van der Waals surface area (Å²) >= 11 is 0. The summed E-state index contributed by atoms with van der Waals surface area (Å²) in [5.41, 5.74) is 0. The van der Waals surface area contributed by atoms with Crippen LogP contribution in [0.3, 0.4) is 0 Å². The number of sulfone groups is 1. The lowest BCUT2D eigenvalue weighted by Crippen LogP contribution is -2.57. The second-order valence-electron chi connectivity index (χ2n) is 5.70. The molecule has 10 heteroatoms. The summed E-state index contributed by atoms with van der Waals surface area (Å²) in [5, 5.41) is 5.59. The minimum Gasteiger partial charge on any atom is -0.492 e. The molecule has 0 unspecified atom stereocenters. The van der Waals surface area contributed by atoms with E-state index < -0.39 is 32.1 Å². The molecule has 1 aromatic carbocycles. The zero-order valence-corrected chi connectivity index (χ0v) is 15.3. The van der Waals surface area contributed by atoms with Gasteiger partial charge in [0.05, 0.1) is 6.54 Å². The van der Waals surface area contributed by atoms with Crippen molar-refractivity contribution in [3.05, 3.63) is 29.8 Å². The van der Waals surface area contributed by atoms with Gasteiger partial charge in [-0.25, -0.2) is 17.2 Å². The van der Waals surface area contributed by atoms with Gasteiger partial charge in [-0.1, -0.05) is 0 Å². The molecule has 1 aliphatic heterocycles. The lowest BCUT2D eigenvalue weighted by atomic mass is 9.96. The minimum atomic E-state index is -3.57. The van der Waals surface area contributed by atoms with E-state index in [1.165, 1.54) is 6.07 Å². The topological polar surface area (TPSA) is 84.5 Å². The number of piperidine rings is 1. The average molecular weight is 399 g/mol. The van der Waals surface area contributed by atoms with Crippen LogP contribution >= 0.6 is 12.4 Å². The summed E-state index contributed by atoms with van der Waals surface area (Å²) in [5.74, 6) is -2.43. The predicted molar refractivity (Wildman–Crippen MR) is 91.8 cm³/mol. The number of ether oxygens (including phenoxy) is 1. The molecule has 0 aliphatic carbocycles. The van der Waals surface area contributed by atoms with Crippen LogP contribution in [0.1, 0.15) is 12.8 Å². The standard InChI is InChI=1S/C15H20F2N2O4S.ClH/c1-24(21,22)15(4-6-18-7-5-15)14(20)19-8-9-23-11-2-3-12(16)13(17)10-11;/h2-3,10,18H,4-9H2,1H3,(H,19,20);1H. The normalized spacial score (nSPS) is 16.6. The van der Waals surface area contributed by atoms with Crippen LogP contribution in [0, 0.1) is 11.6 Å². The van der Waals surface area contributed by atoms with Crippen LogP contribution in [0.5, 0.6) is 5.75 Å². The number of benzene rings is 1. The minimum absolute atomic E-state index is 0. The van der Waals surface area contributed by atoms with Crippen molar-refractivity contribution in [2.24, 2.45) is 0 Å². The van der Waals surface area contributed by atoms with E-state index in [4.69, 9.17) is 4.74 Å². The fourth-order valence-electron chi connectivity index (χ4n) is 2.66. The first-order valence-electron chi connectivity index (χ1n) is 7.53. The van der Waals surface area contributed by atoms with Gasteiger partial charge in [0.25, 0.3) is 0 Å². The summed E-state index contributed by atoms with van der Waals surface area (Å²) in [7, 11) is -3.57. The van der Waals surface area contributed by atoms with E-state index in [1.807, 2.05) is 0 Å². The number of hydrogen-bond donors (Lipinski definition) is 2. The van der Waals surface area contributed by atoms with E-state index in [1.54, 1.807) is 0 Å². The highest BCUT2D eigenvalue weighted by Crippen LogP contribution is 2.27. The SMILES string of the molecule is CS(=O)(=O)C1(C(=O)NCCOc2ccc(F)c(F)c2)CCNCC1.Cl. The Morgan fingerprint density at radius 3 is 2.48 bits per heavy atom. The zero-order chi connectivity index (χ0) is 17.8. The lowest BCUT2D eigenvalue weighted by Gasteiger charge is -2.34. The maximum atomic E-state index is 13.0. The highest BCUT2D eigenvalue weighted by Gasteiger charge is 2.48. The monoisotopic (exact) mass is 398 g/mol. The molecule has 0 spiro atoms. The zero-order valence-electron chi connectivity index (χ0n) is 13.7. The Morgan fingerprint density at radius 1 is 1.28 bits per heavy atom. The molecule has 0 bridgehead atoms. The maximum absolute atomic E-state index is 13.0. The number of nitrogens with one attached hydrogen (secondary N) is 2. The molecule has 0 aromatic heterocycles. The Balaban J connectivity index is 0.00000312. The first kappa shape index (κ1) is 21.6. The Bertz CT molecular complexity index is 709. The molecule has 1 aromatic rings. The molecule has 2 rings (SSSR count). The smallest absolute Gasteiger partial charge is 0.241 e. The van der Waals surface area contributed by atoms with Crippen molar-refractivity contribution in [1.82, 2.24) is 10.6 Å². The van der Waals surface area contributed by atoms with E-state index in [9.17, 15) is 22.0 Å². The molecule has 0 saturated carbocycles. The summed E-state index contributed by atoms with van der Waals surface area (Å²) in [6.45, 7) is 0.967. The number of amides is 1. The van der Waals surface area contributed by atoms with Gasteiger partial charge in [0.15, 0.2) is 26.2 Å². The molecule has 142 valence electrons. The van der Waals surface area contributed by atoms with Crippen molar-refractivity contribution in [2.75, 3.05) is 32.5 Å². The number of carbonyl (C=O) groups excluding carboxylic acids is 1. The summed E-state index contributed by atoms with van der Waals surface area (Å²) in [6, 6.07) is 3.11. The molecule has 1 fully saturated rings. The molecule has 1 saturated heterocycles. The molecule has 1 aliphatic rings. The molecule has 6 nitrogen and oxygen atoms in total. The van der Waals surface area contributed by atoms with Crippen molar-refractivity contribution in [2.45, 2.75) is 17.6 Å². The molecule has 0 atom stereocenters. The average Bonchev–Trinajstić information content (AvgIpc) is 2.54. The van der Waals surface area contributed by atoms with Crippen molar-refractivity contribution < 1.29 is 26.7 Å². The number of rotatable bonds is 6. The van der Waals surface area contributed by atoms with Gasteiger partial charge in [0, 0.05) is 12.3 Å². The van der Waals surface area contributed by atoms with E-state index >= 15 is 0 Å². The van der Waals surface area contributed by atoms with Crippen molar-refractivity contribution in [1.29, 1.82) is 0 Å². The molecule has 25 heavy (non-hydrogen) atoms. The van der Waals surface area contributed by atoms with E-state index in [0.717, 1.165) is 18.4 Å². The Kier molecular flexibility index (Phi) is 7.58. The van der Waals surface area contributed by atoms with Crippen LogP contribution in [0.4, 0.5) is 8.78 Å². The van der Waals surface area contributed by atoms with E-state index in [2.05, 4.69) is 10.6 Å². The Labute approximate surface area is 151 Å². The molecular weight excluding hydrogens is 378 g/mol. The highest BCUT2D eigenvalue weighted by atomic mass is 35.5. The number of carbonyl (C=O) groups is 1. The highest BCUT2D eigenvalue weighted by molar-refractivity contribution is 7.92. The quantitative estimate of drug-likeness (QED) is 0.700. The summed E-state index contributed by atoms with van der Waals surface area (Å²) in [6.07, 6.45) is 1.49. The predicted octanol–water partition coefficient (Wildman–Crippen LogP) is 1.05. The summed E-state index contributed by atoms with van der Waals surface area (Å²) < 4.78 is 53.8. The number of halogens is 3. The van der Waals surface area contributed by atoms with Gasteiger partial charge in [-0.05, 0) is 38.1 Å². The van der Waals surface area contributed by atoms with Gasteiger partial charge in [0.2, 0.25) is 5.91 Å². The van der Waals surface area contributed by atoms with Gasteiger partial charge in [-0.15, -0.1) is 12.4 Å². The largest absolute Gasteiger partial charge is 0.492 e. The molecule has 1 amide bonds. The van der Waals surface area contributed by atoms with Crippen LogP contribution in [0.15, 0.2) is 18.2 Å². The summed E-state index contributed by atoms with van der Waals surface area (Å²) in [4.78, 5) is 12.4. The first-order chi connectivity index (χ1) is 11.3. The third-order valence-corrected chi connectivity index (χ3v) is 6.10. The van der Waals surface area contributed by atoms with Crippen LogP contribution in [0.2, 0.25) is 0 Å². The Hall–Kier alpha value is -1.45. The second kappa shape index (κ2) is 8.77. The maximum Gasteiger partial charge on any atom is 0.241 e. The molecule has 1 heterocycles. The lowest BCUT2D eigenvalue weighted by molar-refractivity contribution is -0.124. The van der Waals surface area contributed by atoms with Crippen LogP contribution in [-0.4, -0.2) is 51.6 Å². The molecular formula is C15H21ClF2N2O4S. The van der Waals surface area contributed by atoms with E-state index in [-0.39, 0.29) is 44.1 Å². The van der Waals surface area contributed by atoms with Crippen LogP contribution < -0.4 is 15.4 Å². The third-order valence-electron chi connectivity index (χ3n) is 4.08. The van der Waals surface area contributed by atoms with E-state index in [0.29, 0.717) is 13.1 Å². The molecule has 0 radical (unpaired) electrons. The van der Waals surface area contributed by atoms with Crippen molar-refractivity contribution in [3.8, 4) is 5.75 Å². The van der Waals surface area contributed by atoms with Gasteiger partial charge in [-0.3, -0.25) is 4.79 Å². The third kappa shape index (κ3) is 5.02. The fraction of sp³-hybridized carbons (Fsp3) is 0.533. The second-order valence-corrected chi connectivity index (χ2v) is 8.02. The van der Waals surface area contributed by atoms with Gasteiger partial charge in [0.1, 0.15) is 12.4 Å². The van der Waals surface area contributed by atoms with Crippen LogP contribution in [-0.2, 0) is 14.6 Å².